The maximum absolute atomic E-state index is 12.9. The number of carbonyl (C=O) groups is 2. The molecule has 0 aromatic heterocycles. The molecular weight excluding hydrogens is 287 g/mol. The highest BCUT2D eigenvalue weighted by Gasteiger charge is 2.36. The number of carbonyl (C=O) groups excluding carboxylic acids is 2. The normalized spacial score (nSPS) is 18.1. The van der Waals surface area contributed by atoms with Gasteiger partial charge in [0.25, 0.3) is 0 Å². The molecule has 120 valence electrons. The summed E-state index contributed by atoms with van der Waals surface area (Å²) in [5.41, 5.74) is 0.794. The molecule has 1 heterocycles. The van der Waals surface area contributed by atoms with E-state index < -0.39 is 6.04 Å². The van der Waals surface area contributed by atoms with Crippen LogP contribution in [0.5, 0.6) is 0 Å². The lowest BCUT2D eigenvalue weighted by Crippen LogP contribution is -2.39. The highest BCUT2D eigenvalue weighted by atomic mass is 19.1. The lowest BCUT2D eigenvalue weighted by Gasteiger charge is -2.23. The summed E-state index contributed by atoms with van der Waals surface area (Å²) in [5.74, 6) is -0.759. The van der Waals surface area contributed by atoms with Crippen molar-refractivity contribution in [3.8, 4) is 0 Å². The van der Waals surface area contributed by atoms with E-state index in [1.54, 1.807) is 12.1 Å². The first-order chi connectivity index (χ1) is 10.5. The molecule has 6 heteroatoms. The average molecular weight is 308 g/mol. The highest BCUT2D eigenvalue weighted by molar-refractivity contribution is 5.88. The van der Waals surface area contributed by atoms with Crippen LogP contribution in [0.2, 0.25) is 0 Å². The summed E-state index contributed by atoms with van der Waals surface area (Å²) >= 11 is 0. The molecule has 22 heavy (non-hydrogen) atoms. The average Bonchev–Trinajstić information content (AvgIpc) is 2.82. The van der Waals surface area contributed by atoms with Crippen LogP contribution in [0.25, 0.3) is 0 Å². The van der Waals surface area contributed by atoms with E-state index in [0.717, 1.165) is 5.56 Å². The van der Waals surface area contributed by atoms with E-state index in [9.17, 15) is 14.0 Å². The minimum atomic E-state index is -0.542. The number of ether oxygens (including phenoxy) is 1. The van der Waals surface area contributed by atoms with Gasteiger partial charge < -0.3 is 14.5 Å². The molecule has 5 nitrogen and oxygen atoms in total. The number of hydrogen-bond donors (Lipinski definition) is 0. The van der Waals surface area contributed by atoms with Gasteiger partial charge in [-0.05, 0) is 38.2 Å². The van der Waals surface area contributed by atoms with Gasteiger partial charge in [0.1, 0.15) is 18.5 Å². The molecule has 1 aliphatic rings. The molecule has 1 aliphatic heterocycles. The van der Waals surface area contributed by atoms with E-state index in [1.165, 1.54) is 17.0 Å². The minimum absolute atomic E-state index is 0.0705. The first-order valence-corrected chi connectivity index (χ1v) is 7.32. The monoisotopic (exact) mass is 308 g/mol. The topological polar surface area (TPSA) is 49.9 Å². The van der Waals surface area contributed by atoms with Crippen molar-refractivity contribution in [2.24, 2.45) is 0 Å². The van der Waals surface area contributed by atoms with Gasteiger partial charge in [0.15, 0.2) is 0 Å². The Morgan fingerprint density at radius 1 is 1.36 bits per heavy atom. The lowest BCUT2D eigenvalue weighted by molar-refractivity contribution is -0.152. The maximum Gasteiger partial charge on any atom is 0.328 e. The molecule has 1 atom stereocenters. The Labute approximate surface area is 129 Å². The Morgan fingerprint density at radius 3 is 2.68 bits per heavy atom. The Bertz CT molecular complexity index is 531. The predicted molar refractivity (Wildman–Crippen MR) is 79.5 cm³/mol. The van der Waals surface area contributed by atoms with Crippen LogP contribution >= 0.6 is 0 Å². The maximum atomic E-state index is 12.9. The number of likely N-dealkylation sites (tertiary alicyclic amines) is 1. The second-order valence-corrected chi connectivity index (χ2v) is 5.67. The van der Waals surface area contributed by atoms with Gasteiger partial charge in [-0.25, -0.2) is 9.18 Å². The number of halogens is 1. The quantitative estimate of drug-likeness (QED) is 0.746. The largest absolute Gasteiger partial charge is 0.463 e. The predicted octanol–water partition coefficient (Wildman–Crippen LogP) is 1.42. The number of benzene rings is 1. The smallest absolute Gasteiger partial charge is 0.328 e. The summed E-state index contributed by atoms with van der Waals surface area (Å²) < 4.78 is 18.2. The Hall–Kier alpha value is -1.95. The zero-order valence-electron chi connectivity index (χ0n) is 12.9. The molecule has 2 rings (SSSR count). The fourth-order valence-corrected chi connectivity index (χ4v) is 2.39. The molecule has 0 bridgehead atoms. The lowest BCUT2D eigenvalue weighted by atomic mass is 10.2. The van der Waals surface area contributed by atoms with Crippen molar-refractivity contribution in [2.45, 2.75) is 25.4 Å². The van der Waals surface area contributed by atoms with Crippen molar-refractivity contribution in [1.29, 1.82) is 0 Å². The van der Waals surface area contributed by atoms with E-state index >= 15 is 0 Å². The van der Waals surface area contributed by atoms with Crippen LogP contribution in [0.4, 0.5) is 4.39 Å². The van der Waals surface area contributed by atoms with Gasteiger partial charge in [-0.3, -0.25) is 4.79 Å². The van der Waals surface area contributed by atoms with E-state index in [1.807, 2.05) is 19.0 Å². The third-order valence-electron chi connectivity index (χ3n) is 3.65. The summed E-state index contributed by atoms with van der Waals surface area (Å²) in [5, 5.41) is 0. The van der Waals surface area contributed by atoms with E-state index in [-0.39, 0.29) is 17.7 Å². The molecule has 0 saturated carbocycles. The van der Waals surface area contributed by atoms with Gasteiger partial charge in [0.05, 0.1) is 0 Å². The minimum Gasteiger partial charge on any atom is -0.463 e. The fourth-order valence-electron chi connectivity index (χ4n) is 2.39. The van der Waals surface area contributed by atoms with Gasteiger partial charge in [0, 0.05) is 19.5 Å². The number of hydrogen-bond acceptors (Lipinski definition) is 4. The summed E-state index contributed by atoms with van der Waals surface area (Å²) in [4.78, 5) is 27.5. The van der Waals surface area contributed by atoms with Crippen molar-refractivity contribution in [3.05, 3.63) is 35.6 Å². The van der Waals surface area contributed by atoms with Crippen LogP contribution in [-0.4, -0.2) is 55.0 Å². The first-order valence-electron chi connectivity index (χ1n) is 7.32. The molecule has 0 radical (unpaired) electrons. The van der Waals surface area contributed by atoms with Crippen molar-refractivity contribution in [2.75, 3.05) is 27.2 Å². The number of likely N-dealkylation sites (N-methyl/N-ethyl adjacent to an activating group) is 1. The standard InChI is InChI=1S/C16H21FN2O3/c1-18(2)9-10-22-16(21)14-7-8-15(20)19(14)11-12-3-5-13(17)6-4-12/h3-6,14H,7-11H2,1-2H3/t14-/m0/s1. The molecule has 1 saturated heterocycles. The number of rotatable bonds is 6. The first kappa shape index (κ1) is 16.4. The zero-order chi connectivity index (χ0) is 16.1. The number of nitrogens with zero attached hydrogens (tertiary/aromatic N) is 2. The second kappa shape index (κ2) is 7.35. The molecule has 1 amide bonds. The van der Waals surface area contributed by atoms with Gasteiger partial charge >= 0.3 is 5.97 Å². The Balaban J connectivity index is 1.96. The van der Waals surface area contributed by atoms with Crippen LogP contribution in [0, 0.1) is 5.82 Å². The second-order valence-electron chi connectivity index (χ2n) is 5.67. The zero-order valence-corrected chi connectivity index (χ0v) is 12.9. The van der Waals surface area contributed by atoms with Crippen molar-refractivity contribution < 1.29 is 18.7 Å². The van der Waals surface area contributed by atoms with Gasteiger partial charge in [-0.2, -0.15) is 0 Å². The molecular formula is C16H21FN2O3. The van der Waals surface area contributed by atoms with Gasteiger partial charge in [0.2, 0.25) is 5.91 Å². The Morgan fingerprint density at radius 2 is 2.05 bits per heavy atom. The van der Waals surface area contributed by atoms with Crippen LogP contribution in [0.3, 0.4) is 0 Å². The molecule has 1 fully saturated rings. The third-order valence-corrected chi connectivity index (χ3v) is 3.65. The molecule has 0 spiro atoms. The van der Waals surface area contributed by atoms with Crippen molar-refractivity contribution >= 4 is 11.9 Å². The number of esters is 1. The molecule has 0 aliphatic carbocycles. The molecule has 0 unspecified atom stereocenters. The fraction of sp³-hybridized carbons (Fsp3) is 0.500. The summed E-state index contributed by atoms with van der Waals surface area (Å²) in [6.45, 7) is 1.25. The van der Waals surface area contributed by atoms with Crippen LogP contribution in [-0.2, 0) is 20.9 Å². The summed E-state index contributed by atoms with van der Waals surface area (Å²) in [6, 6.07) is 5.39. The van der Waals surface area contributed by atoms with Crippen LogP contribution < -0.4 is 0 Å². The molecule has 1 aromatic rings. The molecule has 0 N–H and O–H groups in total. The van der Waals surface area contributed by atoms with Gasteiger partial charge in [-0.15, -0.1) is 0 Å². The SMILES string of the molecule is CN(C)CCOC(=O)[C@@H]1CCC(=O)N1Cc1ccc(F)cc1. The summed E-state index contributed by atoms with van der Waals surface area (Å²) in [6.07, 6.45) is 0.815. The van der Waals surface area contributed by atoms with E-state index in [2.05, 4.69) is 0 Å². The van der Waals surface area contributed by atoms with Crippen molar-refractivity contribution in [1.82, 2.24) is 9.80 Å². The van der Waals surface area contributed by atoms with Crippen LogP contribution in [0.15, 0.2) is 24.3 Å². The Kier molecular flexibility index (Phi) is 5.49. The summed E-state index contributed by atoms with van der Waals surface area (Å²) in [7, 11) is 3.79. The van der Waals surface area contributed by atoms with Crippen molar-refractivity contribution in [3.63, 3.8) is 0 Å². The van der Waals surface area contributed by atoms with Crippen LogP contribution in [0.1, 0.15) is 18.4 Å². The third kappa shape index (κ3) is 4.27. The number of amides is 1. The van der Waals surface area contributed by atoms with Gasteiger partial charge in [-0.1, -0.05) is 12.1 Å². The van der Waals surface area contributed by atoms with E-state index in [4.69, 9.17) is 4.74 Å². The molecule has 1 aromatic carbocycles. The highest BCUT2D eigenvalue weighted by Crippen LogP contribution is 2.22. The van der Waals surface area contributed by atoms with E-state index in [0.29, 0.717) is 32.5 Å².